The van der Waals surface area contributed by atoms with Crippen molar-refractivity contribution >= 4 is 0 Å². The van der Waals surface area contributed by atoms with E-state index in [-0.39, 0.29) is 11.9 Å². The van der Waals surface area contributed by atoms with Crippen LogP contribution in [0.4, 0.5) is 4.39 Å². The molecule has 0 amide bonds. The van der Waals surface area contributed by atoms with Crippen LogP contribution in [0.1, 0.15) is 30.0 Å². The molecule has 0 aliphatic carbocycles. The van der Waals surface area contributed by atoms with E-state index in [0.29, 0.717) is 12.0 Å². The molecule has 0 saturated carbocycles. The highest BCUT2D eigenvalue weighted by Crippen LogP contribution is 2.34. The molecule has 0 radical (unpaired) electrons. The van der Waals surface area contributed by atoms with Gasteiger partial charge < -0.3 is 10.6 Å². The lowest BCUT2D eigenvalue weighted by Crippen LogP contribution is -2.41. The van der Waals surface area contributed by atoms with E-state index < -0.39 is 0 Å². The maximum Gasteiger partial charge on any atom is 0.144 e. The van der Waals surface area contributed by atoms with Crippen molar-refractivity contribution in [3.63, 3.8) is 0 Å². The number of aromatic nitrogens is 1. The number of halogens is 1. The standard InChI is InChI=1S/C13H18FN3/c1-8-10(6-16-7-11(8)14)13-4-9-5-15-3-2-12(9)17-13/h6-7,9,12-13,15,17H,2-5H2,1H3. The maximum absolute atomic E-state index is 13.5. The van der Waals surface area contributed by atoms with Gasteiger partial charge in [-0.3, -0.25) is 4.98 Å². The second kappa shape index (κ2) is 4.35. The highest BCUT2D eigenvalue weighted by molar-refractivity contribution is 5.28. The summed E-state index contributed by atoms with van der Waals surface area (Å²) in [6, 6.07) is 0.858. The second-order valence-corrected chi connectivity index (χ2v) is 5.15. The van der Waals surface area contributed by atoms with Gasteiger partial charge >= 0.3 is 0 Å². The number of hydrogen-bond donors (Lipinski definition) is 2. The number of nitrogens with zero attached hydrogens (tertiary/aromatic N) is 1. The van der Waals surface area contributed by atoms with Gasteiger partial charge in [0.15, 0.2) is 0 Å². The van der Waals surface area contributed by atoms with Crippen LogP contribution >= 0.6 is 0 Å². The quantitative estimate of drug-likeness (QED) is 0.775. The molecule has 1 aromatic heterocycles. The van der Waals surface area contributed by atoms with Crippen LogP contribution in [0.2, 0.25) is 0 Å². The minimum absolute atomic E-state index is 0.197. The Morgan fingerprint density at radius 1 is 1.41 bits per heavy atom. The molecule has 2 N–H and O–H groups in total. The Morgan fingerprint density at radius 2 is 2.29 bits per heavy atom. The summed E-state index contributed by atoms with van der Waals surface area (Å²) in [6.45, 7) is 4.01. The maximum atomic E-state index is 13.5. The molecule has 0 spiro atoms. The lowest BCUT2D eigenvalue weighted by atomic mass is 9.92. The molecule has 3 rings (SSSR count). The second-order valence-electron chi connectivity index (χ2n) is 5.15. The molecule has 2 aliphatic heterocycles. The van der Waals surface area contributed by atoms with Crippen molar-refractivity contribution in [1.82, 2.24) is 15.6 Å². The Hall–Kier alpha value is -1.00. The van der Waals surface area contributed by atoms with Crippen LogP contribution in [0.5, 0.6) is 0 Å². The van der Waals surface area contributed by atoms with Gasteiger partial charge in [-0.25, -0.2) is 4.39 Å². The molecule has 3 nitrogen and oxygen atoms in total. The van der Waals surface area contributed by atoms with Gasteiger partial charge in [-0.05, 0) is 49.9 Å². The summed E-state index contributed by atoms with van der Waals surface area (Å²) < 4.78 is 13.5. The molecular weight excluding hydrogens is 217 g/mol. The predicted octanol–water partition coefficient (Wildman–Crippen LogP) is 1.54. The molecule has 3 heterocycles. The summed E-state index contributed by atoms with van der Waals surface area (Å²) in [5.41, 5.74) is 1.77. The number of pyridine rings is 1. The lowest BCUT2D eigenvalue weighted by Gasteiger charge is -2.25. The number of hydrogen-bond acceptors (Lipinski definition) is 3. The van der Waals surface area contributed by atoms with Gasteiger partial charge in [-0.2, -0.15) is 0 Å². The topological polar surface area (TPSA) is 37.0 Å². The Balaban J connectivity index is 1.83. The van der Waals surface area contributed by atoms with Gasteiger partial charge in [0.25, 0.3) is 0 Å². The first kappa shape index (κ1) is 11.1. The van der Waals surface area contributed by atoms with Crippen LogP contribution in [0, 0.1) is 18.7 Å². The molecule has 2 fully saturated rings. The molecule has 2 saturated heterocycles. The zero-order chi connectivity index (χ0) is 11.8. The fraction of sp³-hybridized carbons (Fsp3) is 0.615. The van der Waals surface area contributed by atoms with Crippen LogP contribution in [0.15, 0.2) is 12.4 Å². The van der Waals surface area contributed by atoms with Crippen LogP contribution in [-0.4, -0.2) is 24.1 Å². The van der Waals surface area contributed by atoms with Crippen molar-refractivity contribution < 1.29 is 4.39 Å². The Bertz CT molecular complexity index is 407. The van der Waals surface area contributed by atoms with Crippen LogP contribution in [0.3, 0.4) is 0 Å². The number of rotatable bonds is 1. The van der Waals surface area contributed by atoms with E-state index in [9.17, 15) is 4.39 Å². The molecule has 0 aromatic carbocycles. The Morgan fingerprint density at radius 3 is 3.12 bits per heavy atom. The molecule has 92 valence electrons. The van der Waals surface area contributed by atoms with Crippen LogP contribution in [-0.2, 0) is 0 Å². The van der Waals surface area contributed by atoms with E-state index in [2.05, 4.69) is 15.6 Å². The first-order chi connectivity index (χ1) is 8.25. The van der Waals surface area contributed by atoms with E-state index in [1.54, 1.807) is 6.20 Å². The summed E-state index contributed by atoms with van der Waals surface area (Å²) in [5, 5.41) is 7.06. The molecule has 1 aromatic rings. The third kappa shape index (κ3) is 1.96. The van der Waals surface area contributed by atoms with Crippen molar-refractivity contribution in [2.24, 2.45) is 5.92 Å². The fourth-order valence-corrected chi connectivity index (χ4v) is 3.10. The van der Waals surface area contributed by atoms with Crippen molar-refractivity contribution in [3.8, 4) is 0 Å². The van der Waals surface area contributed by atoms with Crippen molar-refractivity contribution in [2.75, 3.05) is 13.1 Å². The van der Waals surface area contributed by atoms with E-state index >= 15 is 0 Å². The number of piperidine rings is 1. The first-order valence-electron chi connectivity index (χ1n) is 6.32. The molecule has 0 bridgehead atoms. The predicted molar refractivity (Wildman–Crippen MR) is 64.2 cm³/mol. The van der Waals surface area contributed by atoms with Gasteiger partial charge in [0.2, 0.25) is 0 Å². The van der Waals surface area contributed by atoms with E-state index in [4.69, 9.17) is 0 Å². The van der Waals surface area contributed by atoms with Crippen LogP contribution < -0.4 is 10.6 Å². The van der Waals surface area contributed by atoms with Crippen LogP contribution in [0.25, 0.3) is 0 Å². The molecule has 2 aliphatic rings. The van der Waals surface area contributed by atoms with Crippen molar-refractivity contribution in [3.05, 3.63) is 29.3 Å². The third-order valence-electron chi connectivity index (χ3n) is 4.13. The van der Waals surface area contributed by atoms with E-state index in [1.807, 2.05) is 6.92 Å². The highest BCUT2D eigenvalue weighted by atomic mass is 19.1. The average Bonchev–Trinajstić information content (AvgIpc) is 2.76. The summed E-state index contributed by atoms with van der Waals surface area (Å²) >= 11 is 0. The molecule has 4 heteroatoms. The lowest BCUT2D eigenvalue weighted by molar-refractivity contribution is 0.344. The molecule has 3 atom stereocenters. The van der Waals surface area contributed by atoms with Crippen molar-refractivity contribution in [2.45, 2.75) is 31.8 Å². The van der Waals surface area contributed by atoms with E-state index in [0.717, 1.165) is 30.6 Å². The minimum atomic E-state index is -0.197. The zero-order valence-electron chi connectivity index (χ0n) is 10.0. The summed E-state index contributed by atoms with van der Waals surface area (Å²) in [7, 11) is 0. The number of nitrogens with one attached hydrogen (secondary N) is 2. The van der Waals surface area contributed by atoms with Gasteiger partial charge in [0, 0.05) is 18.3 Å². The molecular formula is C13H18FN3. The SMILES string of the molecule is Cc1c(F)cncc1C1CC2CNCCC2N1. The minimum Gasteiger partial charge on any atom is -0.316 e. The normalized spacial score (nSPS) is 32.5. The van der Waals surface area contributed by atoms with Gasteiger partial charge in [-0.1, -0.05) is 0 Å². The summed E-state index contributed by atoms with van der Waals surface area (Å²) in [4.78, 5) is 3.98. The Labute approximate surface area is 101 Å². The summed E-state index contributed by atoms with van der Waals surface area (Å²) in [6.07, 6.45) is 5.36. The van der Waals surface area contributed by atoms with E-state index in [1.165, 1.54) is 12.6 Å². The largest absolute Gasteiger partial charge is 0.316 e. The molecule has 17 heavy (non-hydrogen) atoms. The van der Waals surface area contributed by atoms with Gasteiger partial charge in [-0.15, -0.1) is 0 Å². The third-order valence-corrected chi connectivity index (χ3v) is 4.13. The van der Waals surface area contributed by atoms with Gasteiger partial charge in [0.1, 0.15) is 5.82 Å². The van der Waals surface area contributed by atoms with Gasteiger partial charge in [0.05, 0.1) is 6.20 Å². The smallest absolute Gasteiger partial charge is 0.144 e. The Kier molecular flexibility index (Phi) is 2.84. The number of fused-ring (bicyclic) bond motifs is 1. The highest BCUT2D eigenvalue weighted by Gasteiger charge is 2.36. The average molecular weight is 235 g/mol. The first-order valence-corrected chi connectivity index (χ1v) is 6.32. The molecule has 3 unspecified atom stereocenters. The monoisotopic (exact) mass is 235 g/mol. The summed E-state index contributed by atoms with van der Waals surface area (Å²) in [5.74, 6) is 0.480. The fourth-order valence-electron chi connectivity index (χ4n) is 3.10. The zero-order valence-corrected chi connectivity index (χ0v) is 10.0. The van der Waals surface area contributed by atoms with Crippen molar-refractivity contribution in [1.29, 1.82) is 0 Å².